The largest absolute Gasteiger partial charge is 0.469 e. The van der Waals surface area contributed by atoms with Crippen molar-refractivity contribution in [2.45, 2.75) is 24.3 Å². The predicted octanol–water partition coefficient (Wildman–Crippen LogP) is 2.28. The van der Waals surface area contributed by atoms with Gasteiger partial charge in [0, 0.05) is 19.7 Å². The first-order chi connectivity index (χ1) is 13.1. The Kier molecular flexibility index (Phi) is 6.93. The molecular formula is C20H24N2O5S. The van der Waals surface area contributed by atoms with E-state index in [-0.39, 0.29) is 11.3 Å². The SMILES string of the molecule is COC(=O)CC(NC(=O)c1ccc(S(=O)(=O)N(C)C)cc1)c1ccc(C)cc1. The van der Waals surface area contributed by atoms with E-state index < -0.39 is 27.9 Å². The lowest BCUT2D eigenvalue weighted by molar-refractivity contribution is -0.141. The molecule has 0 radical (unpaired) electrons. The number of hydrogen-bond acceptors (Lipinski definition) is 5. The molecule has 2 rings (SSSR count). The van der Waals surface area contributed by atoms with Gasteiger partial charge >= 0.3 is 5.97 Å². The number of esters is 1. The summed E-state index contributed by atoms with van der Waals surface area (Å²) in [6, 6.07) is 12.6. The molecule has 1 unspecified atom stereocenters. The number of rotatable bonds is 7. The number of amides is 1. The lowest BCUT2D eigenvalue weighted by Gasteiger charge is -2.19. The van der Waals surface area contributed by atoms with Crippen LogP contribution in [-0.4, -0.2) is 45.8 Å². The molecule has 7 nitrogen and oxygen atoms in total. The molecule has 0 aliphatic heterocycles. The molecule has 0 aromatic heterocycles. The summed E-state index contributed by atoms with van der Waals surface area (Å²) >= 11 is 0. The maximum absolute atomic E-state index is 12.6. The zero-order valence-corrected chi connectivity index (χ0v) is 17.1. The number of methoxy groups -OCH3 is 1. The Balaban J connectivity index is 2.23. The summed E-state index contributed by atoms with van der Waals surface area (Å²) in [5.41, 5.74) is 2.13. The summed E-state index contributed by atoms with van der Waals surface area (Å²) in [5.74, 6) is -0.860. The molecule has 150 valence electrons. The number of carbonyl (C=O) groups excluding carboxylic acids is 2. The van der Waals surface area contributed by atoms with Crippen molar-refractivity contribution < 1.29 is 22.7 Å². The Morgan fingerprint density at radius 3 is 2.11 bits per heavy atom. The molecule has 0 aliphatic rings. The number of sulfonamides is 1. The van der Waals surface area contributed by atoms with E-state index in [0.29, 0.717) is 5.56 Å². The molecule has 0 saturated heterocycles. The van der Waals surface area contributed by atoms with Crippen LogP contribution in [0.15, 0.2) is 53.4 Å². The standard InChI is InChI=1S/C20H24N2O5S/c1-14-5-7-15(8-6-14)18(13-19(23)27-4)21-20(24)16-9-11-17(12-10-16)28(25,26)22(2)3/h5-12,18H,13H2,1-4H3,(H,21,24). The molecule has 0 aliphatic carbocycles. The van der Waals surface area contributed by atoms with Crippen LogP contribution in [0.4, 0.5) is 0 Å². The highest BCUT2D eigenvalue weighted by atomic mass is 32.2. The van der Waals surface area contributed by atoms with Crippen LogP contribution in [0, 0.1) is 6.92 Å². The fourth-order valence-corrected chi connectivity index (χ4v) is 3.43. The molecule has 2 aromatic rings. The second-order valence-corrected chi connectivity index (χ2v) is 8.68. The number of aryl methyl sites for hydroxylation is 1. The van der Waals surface area contributed by atoms with Gasteiger partial charge in [0.1, 0.15) is 0 Å². The fourth-order valence-electron chi connectivity index (χ4n) is 2.53. The summed E-state index contributed by atoms with van der Waals surface area (Å²) in [5, 5.41) is 2.82. The summed E-state index contributed by atoms with van der Waals surface area (Å²) in [6.07, 6.45) is -0.0155. The van der Waals surface area contributed by atoms with Gasteiger partial charge in [-0.15, -0.1) is 0 Å². The molecule has 0 fully saturated rings. The molecule has 0 spiro atoms. The van der Waals surface area contributed by atoms with Crippen molar-refractivity contribution in [1.82, 2.24) is 9.62 Å². The Morgan fingerprint density at radius 1 is 1.04 bits per heavy atom. The first-order valence-corrected chi connectivity index (χ1v) is 10.1. The van der Waals surface area contributed by atoms with Crippen molar-refractivity contribution in [2.75, 3.05) is 21.2 Å². The van der Waals surface area contributed by atoms with Crippen LogP contribution < -0.4 is 5.32 Å². The van der Waals surface area contributed by atoms with Gasteiger partial charge < -0.3 is 10.1 Å². The zero-order chi connectivity index (χ0) is 20.9. The van der Waals surface area contributed by atoms with E-state index in [0.717, 1.165) is 15.4 Å². The van der Waals surface area contributed by atoms with Crippen molar-refractivity contribution in [1.29, 1.82) is 0 Å². The molecule has 1 atom stereocenters. The van der Waals surface area contributed by atoms with Gasteiger partial charge in [-0.05, 0) is 36.8 Å². The van der Waals surface area contributed by atoms with Gasteiger partial charge in [-0.2, -0.15) is 0 Å². The first kappa shape index (κ1) is 21.6. The molecule has 0 saturated carbocycles. The maximum Gasteiger partial charge on any atom is 0.307 e. The van der Waals surface area contributed by atoms with E-state index in [1.807, 2.05) is 31.2 Å². The van der Waals surface area contributed by atoms with Gasteiger partial charge in [-0.3, -0.25) is 9.59 Å². The van der Waals surface area contributed by atoms with Crippen molar-refractivity contribution in [2.24, 2.45) is 0 Å². The monoisotopic (exact) mass is 404 g/mol. The highest BCUT2D eigenvalue weighted by Crippen LogP contribution is 2.20. The molecule has 8 heteroatoms. The summed E-state index contributed by atoms with van der Waals surface area (Å²) < 4.78 is 30.1. The van der Waals surface area contributed by atoms with Gasteiger partial charge in [0.2, 0.25) is 10.0 Å². The second-order valence-electron chi connectivity index (χ2n) is 6.53. The van der Waals surface area contributed by atoms with Crippen molar-refractivity contribution in [3.8, 4) is 0 Å². The Morgan fingerprint density at radius 2 is 1.61 bits per heavy atom. The van der Waals surface area contributed by atoms with Crippen LogP contribution in [0.25, 0.3) is 0 Å². The van der Waals surface area contributed by atoms with E-state index in [1.54, 1.807) is 0 Å². The van der Waals surface area contributed by atoms with E-state index in [2.05, 4.69) is 5.32 Å². The average Bonchev–Trinajstić information content (AvgIpc) is 2.67. The highest BCUT2D eigenvalue weighted by molar-refractivity contribution is 7.89. The quantitative estimate of drug-likeness (QED) is 0.715. The number of benzene rings is 2. The number of carbonyl (C=O) groups is 2. The van der Waals surface area contributed by atoms with Crippen molar-refractivity contribution in [3.05, 3.63) is 65.2 Å². The topological polar surface area (TPSA) is 92.8 Å². The maximum atomic E-state index is 12.6. The summed E-state index contributed by atoms with van der Waals surface area (Å²) in [4.78, 5) is 24.5. The van der Waals surface area contributed by atoms with E-state index in [1.165, 1.54) is 45.5 Å². The van der Waals surface area contributed by atoms with Gasteiger partial charge in [-0.1, -0.05) is 29.8 Å². The van der Waals surface area contributed by atoms with E-state index in [9.17, 15) is 18.0 Å². The number of nitrogens with one attached hydrogen (secondary N) is 1. The Hall–Kier alpha value is -2.71. The molecular weight excluding hydrogens is 380 g/mol. The molecule has 0 heterocycles. The van der Waals surface area contributed by atoms with Crippen molar-refractivity contribution in [3.63, 3.8) is 0 Å². The predicted molar refractivity (Wildman–Crippen MR) is 105 cm³/mol. The number of nitrogens with zero attached hydrogens (tertiary/aromatic N) is 1. The normalized spacial score (nSPS) is 12.5. The van der Waals surface area contributed by atoms with Crippen LogP contribution in [0.1, 0.15) is 33.9 Å². The highest BCUT2D eigenvalue weighted by Gasteiger charge is 2.21. The average molecular weight is 404 g/mol. The first-order valence-electron chi connectivity index (χ1n) is 8.62. The molecule has 28 heavy (non-hydrogen) atoms. The van der Waals surface area contributed by atoms with E-state index in [4.69, 9.17) is 4.74 Å². The minimum Gasteiger partial charge on any atom is -0.469 e. The summed E-state index contributed by atoms with van der Waals surface area (Å²) in [6.45, 7) is 1.95. The minimum absolute atomic E-state index is 0.0155. The van der Waals surface area contributed by atoms with Crippen LogP contribution in [0.3, 0.4) is 0 Å². The zero-order valence-electron chi connectivity index (χ0n) is 16.3. The van der Waals surface area contributed by atoms with Gasteiger partial charge in [0.25, 0.3) is 5.91 Å². The van der Waals surface area contributed by atoms with Gasteiger partial charge in [-0.25, -0.2) is 12.7 Å². The third kappa shape index (κ3) is 5.17. The lowest BCUT2D eigenvalue weighted by Crippen LogP contribution is -2.30. The smallest absolute Gasteiger partial charge is 0.307 e. The third-order valence-electron chi connectivity index (χ3n) is 4.28. The van der Waals surface area contributed by atoms with Crippen LogP contribution in [0.2, 0.25) is 0 Å². The second kappa shape index (κ2) is 8.99. The van der Waals surface area contributed by atoms with Gasteiger partial charge in [0.15, 0.2) is 0 Å². The number of ether oxygens (including phenoxy) is 1. The molecule has 0 bridgehead atoms. The third-order valence-corrected chi connectivity index (χ3v) is 6.11. The number of hydrogen-bond donors (Lipinski definition) is 1. The van der Waals surface area contributed by atoms with Gasteiger partial charge in [0.05, 0.1) is 24.5 Å². The fraction of sp³-hybridized carbons (Fsp3) is 0.300. The molecule has 1 amide bonds. The van der Waals surface area contributed by atoms with Crippen LogP contribution in [0.5, 0.6) is 0 Å². The minimum atomic E-state index is -3.57. The Labute approximate surface area is 165 Å². The lowest BCUT2D eigenvalue weighted by atomic mass is 10.0. The molecule has 2 aromatic carbocycles. The van der Waals surface area contributed by atoms with Crippen LogP contribution >= 0.6 is 0 Å². The van der Waals surface area contributed by atoms with E-state index >= 15 is 0 Å². The molecule has 1 N–H and O–H groups in total. The Bertz CT molecular complexity index is 936. The van der Waals surface area contributed by atoms with Crippen LogP contribution in [-0.2, 0) is 19.6 Å². The summed E-state index contributed by atoms with van der Waals surface area (Å²) in [7, 11) is 0.602. The van der Waals surface area contributed by atoms with Crippen molar-refractivity contribution >= 4 is 21.9 Å².